The van der Waals surface area contributed by atoms with Crippen LogP contribution in [0.1, 0.15) is 24.5 Å². The zero-order valence-electron chi connectivity index (χ0n) is 16.3. The maximum atomic E-state index is 13.0. The number of rotatable bonds is 9. The second kappa shape index (κ2) is 11.7. The summed E-state index contributed by atoms with van der Waals surface area (Å²) in [4.78, 5) is 27.0. The minimum absolute atomic E-state index is 0.106. The number of nitrogens with zero attached hydrogens (tertiary/aromatic N) is 1. The highest BCUT2D eigenvalue weighted by molar-refractivity contribution is 7.99. The van der Waals surface area contributed by atoms with Crippen LogP contribution in [0, 0.1) is 0 Å². The van der Waals surface area contributed by atoms with E-state index in [1.165, 1.54) is 11.8 Å². The summed E-state index contributed by atoms with van der Waals surface area (Å²) in [5.41, 5.74) is 1.90. The molecule has 0 bridgehead atoms. The second-order valence-electron chi connectivity index (χ2n) is 6.43. The summed E-state index contributed by atoms with van der Waals surface area (Å²) in [6, 6.07) is 12.2. The van der Waals surface area contributed by atoms with E-state index < -0.39 is 6.04 Å². The lowest BCUT2D eigenvalue weighted by Crippen LogP contribution is -2.48. The highest BCUT2D eigenvalue weighted by Crippen LogP contribution is 2.24. The molecule has 0 heterocycles. The Kier molecular flexibility index (Phi) is 9.63. The number of likely N-dealkylation sites (N-methyl/N-ethyl adjacent to an activating group) is 1. The van der Waals surface area contributed by atoms with Crippen LogP contribution in [0.25, 0.3) is 0 Å². The van der Waals surface area contributed by atoms with Gasteiger partial charge >= 0.3 is 0 Å². The summed E-state index contributed by atoms with van der Waals surface area (Å²) in [7, 11) is 1.57. The monoisotopic (exact) mass is 472 g/mol. The Balaban J connectivity index is 2.11. The van der Waals surface area contributed by atoms with Gasteiger partial charge in [0, 0.05) is 24.4 Å². The molecule has 4 nitrogen and oxygen atoms in total. The molecule has 0 aliphatic heterocycles. The minimum atomic E-state index is -0.557. The summed E-state index contributed by atoms with van der Waals surface area (Å²) in [6.07, 6.45) is 0.509. The van der Waals surface area contributed by atoms with Gasteiger partial charge in [0.1, 0.15) is 6.04 Å². The Bertz CT molecular complexity index is 846. The third kappa shape index (κ3) is 7.10. The third-order valence-corrected chi connectivity index (χ3v) is 6.36. The van der Waals surface area contributed by atoms with Gasteiger partial charge in [-0.15, -0.1) is 11.8 Å². The Hall–Kier alpha value is -1.40. The summed E-state index contributed by atoms with van der Waals surface area (Å²) in [6.45, 7) is 2.17. The Morgan fingerprint density at radius 2 is 1.69 bits per heavy atom. The van der Waals surface area contributed by atoms with Gasteiger partial charge in [-0.05, 0) is 41.8 Å². The van der Waals surface area contributed by atoms with Crippen molar-refractivity contribution in [2.75, 3.05) is 12.8 Å². The fourth-order valence-corrected chi connectivity index (χ4v) is 4.16. The molecule has 0 saturated carbocycles. The molecule has 8 heteroatoms. The van der Waals surface area contributed by atoms with Crippen LogP contribution in [0.2, 0.25) is 15.1 Å². The first-order valence-corrected chi connectivity index (χ1v) is 11.4. The predicted octanol–water partition coefficient (Wildman–Crippen LogP) is 5.43. The van der Waals surface area contributed by atoms with Crippen LogP contribution >= 0.6 is 46.6 Å². The molecule has 1 atom stereocenters. The number of halogens is 3. The number of hydrogen-bond acceptors (Lipinski definition) is 3. The topological polar surface area (TPSA) is 49.4 Å². The van der Waals surface area contributed by atoms with Crippen LogP contribution in [0.3, 0.4) is 0 Å². The molecular weight excluding hydrogens is 451 g/mol. The molecule has 0 saturated heterocycles. The number of carbonyl (C=O) groups is 2. The summed E-state index contributed by atoms with van der Waals surface area (Å²) < 4.78 is 0. The van der Waals surface area contributed by atoms with Crippen LogP contribution in [0.4, 0.5) is 0 Å². The van der Waals surface area contributed by atoms with Gasteiger partial charge < -0.3 is 10.2 Å². The van der Waals surface area contributed by atoms with Gasteiger partial charge in [0.2, 0.25) is 11.8 Å². The number of benzene rings is 2. The summed E-state index contributed by atoms with van der Waals surface area (Å²) in [5.74, 6) is 0.645. The first-order valence-electron chi connectivity index (χ1n) is 9.12. The van der Waals surface area contributed by atoms with Crippen LogP contribution in [-0.4, -0.2) is 35.6 Å². The zero-order valence-corrected chi connectivity index (χ0v) is 19.3. The highest BCUT2D eigenvalue weighted by Gasteiger charge is 2.27. The van der Waals surface area contributed by atoms with Crippen molar-refractivity contribution in [2.45, 2.75) is 31.7 Å². The van der Waals surface area contributed by atoms with Crippen molar-refractivity contribution < 1.29 is 9.59 Å². The van der Waals surface area contributed by atoms with E-state index in [0.717, 1.165) is 11.1 Å². The number of hydrogen-bond donors (Lipinski definition) is 1. The quantitative estimate of drug-likeness (QED) is 0.528. The van der Waals surface area contributed by atoms with Crippen molar-refractivity contribution in [3.05, 3.63) is 68.7 Å². The normalized spacial score (nSPS) is 11.8. The Morgan fingerprint density at radius 3 is 2.28 bits per heavy atom. The number of carbonyl (C=O) groups excluding carboxylic acids is 2. The van der Waals surface area contributed by atoms with E-state index in [1.54, 1.807) is 24.1 Å². The van der Waals surface area contributed by atoms with Gasteiger partial charge in [0.15, 0.2) is 0 Å². The van der Waals surface area contributed by atoms with E-state index in [1.807, 2.05) is 37.3 Å². The molecule has 29 heavy (non-hydrogen) atoms. The number of nitrogens with one attached hydrogen (secondary N) is 1. The van der Waals surface area contributed by atoms with Crippen molar-refractivity contribution in [1.82, 2.24) is 10.2 Å². The van der Waals surface area contributed by atoms with Crippen LogP contribution in [0.5, 0.6) is 0 Å². The predicted molar refractivity (Wildman–Crippen MR) is 123 cm³/mol. The van der Waals surface area contributed by atoms with Gasteiger partial charge in [-0.25, -0.2) is 0 Å². The summed E-state index contributed by atoms with van der Waals surface area (Å²) >= 11 is 19.5. The van der Waals surface area contributed by atoms with E-state index in [4.69, 9.17) is 34.8 Å². The van der Waals surface area contributed by atoms with E-state index in [-0.39, 0.29) is 24.1 Å². The van der Waals surface area contributed by atoms with E-state index in [9.17, 15) is 9.59 Å². The first-order chi connectivity index (χ1) is 13.8. The van der Waals surface area contributed by atoms with Gasteiger partial charge in [-0.1, -0.05) is 59.9 Å². The molecule has 0 radical (unpaired) electrons. The third-order valence-electron chi connectivity index (χ3n) is 4.38. The molecule has 0 aliphatic carbocycles. The molecule has 1 N–H and O–H groups in total. The van der Waals surface area contributed by atoms with Gasteiger partial charge in [0.05, 0.1) is 15.8 Å². The van der Waals surface area contributed by atoms with Crippen molar-refractivity contribution in [2.24, 2.45) is 0 Å². The lowest BCUT2D eigenvalue weighted by molar-refractivity contribution is -0.139. The van der Waals surface area contributed by atoms with Crippen LogP contribution in [-0.2, 0) is 21.9 Å². The largest absolute Gasteiger partial charge is 0.357 e. The van der Waals surface area contributed by atoms with Crippen LogP contribution in [0.15, 0.2) is 42.5 Å². The smallest absolute Gasteiger partial charge is 0.242 e. The zero-order chi connectivity index (χ0) is 21.4. The lowest BCUT2D eigenvalue weighted by Gasteiger charge is -2.30. The van der Waals surface area contributed by atoms with Gasteiger partial charge in [0.25, 0.3) is 0 Å². The average Bonchev–Trinajstić information content (AvgIpc) is 2.71. The highest BCUT2D eigenvalue weighted by atomic mass is 35.5. The van der Waals surface area contributed by atoms with E-state index in [0.29, 0.717) is 27.2 Å². The fourth-order valence-electron chi connectivity index (χ4n) is 2.84. The minimum Gasteiger partial charge on any atom is -0.357 e. The van der Waals surface area contributed by atoms with Crippen molar-refractivity contribution >= 4 is 58.4 Å². The SMILES string of the molecule is CCC(C(=O)NC)N(Cc1ccc(Cl)c(Cl)c1)C(=O)CSCc1ccc(Cl)cc1. The lowest BCUT2D eigenvalue weighted by atomic mass is 10.1. The maximum absolute atomic E-state index is 13.0. The molecule has 0 aliphatic rings. The van der Waals surface area contributed by atoms with Gasteiger partial charge in [-0.3, -0.25) is 9.59 Å². The standard InChI is InChI=1S/C21H23Cl3N2O2S/c1-3-19(21(28)25-2)26(11-15-6-9-17(23)18(24)10-15)20(27)13-29-12-14-4-7-16(22)8-5-14/h4-10,19H,3,11-13H2,1-2H3,(H,25,28). The van der Waals surface area contributed by atoms with Crippen molar-refractivity contribution in [3.8, 4) is 0 Å². The second-order valence-corrected chi connectivity index (χ2v) is 8.66. The molecule has 0 spiro atoms. The molecule has 0 aromatic heterocycles. The molecule has 156 valence electrons. The number of thioether (sulfide) groups is 1. The van der Waals surface area contributed by atoms with Crippen molar-refractivity contribution in [3.63, 3.8) is 0 Å². The first kappa shape index (κ1) is 23.9. The number of amides is 2. The molecule has 1 unspecified atom stereocenters. The molecule has 0 fully saturated rings. The molecule has 2 aromatic rings. The van der Waals surface area contributed by atoms with Crippen molar-refractivity contribution in [1.29, 1.82) is 0 Å². The average molecular weight is 474 g/mol. The fraction of sp³-hybridized carbons (Fsp3) is 0.333. The molecule has 2 rings (SSSR count). The van der Waals surface area contributed by atoms with Gasteiger partial charge in [-0.2, -0.15) is 0 Å². The van der Waals surface area contributed by atoms with E-state index in [2.05, 4.69) is 5.32 Å². The molecular formula is C21H23Cl3N2O2S. The maximum Gasteiger partial charge on any atom is 0.242 e. The van der Waals surface area contributed by atoms with E-state index >= 15 is 0 Å². The summed E-state index contributed by atoms with van der Waals surface area (Å²) in [5, 5.41) is 4.19. The Labute approximate surface area is 190 Å². The molecule has 2 amide bonds. The van der Waals surface area contributed by atoms with Crippen LogP contribution < -0.4 is 5.32 Å². The molecule has 2 aromatic carbocycles. The Morgan fingerprint density at radius 1 is 1.03 bits per heavy atom.